The van der Waals surface area contributed by atoms with Crippen LogP contribution >= 0.6 is 7.14 Å². The van der Waals surface area contributed by atoms with Crippen LogP contribution < -0.4 is 5.30 Å². The molecule has 1 aromatic rings. The third-order valence-corrected chi connectivity index (χ3v) is 9.87. The Balaban J connectivity index is 2.16. The number of alkyl halides is 3. The van der Waals surface area contributed by atoms with Gasteiger partial charge in [-0.25, -0.2) is 0 Å². The largest absolute Gasteiger partial charge is 0.416 e. The molecule has 2 atom stereocenters. The minimum Gasteiger partial charge on any atom is -0.318 e. The smallest absolute Gasteiger partial charge is 0.318 e. The second kappa shape index (κ2) is 5.40. The topological polar surface area (TPSA) is 17.1 Å². The SMILES string of the molecule is Cc1cc(P2(=O)C3CCCCC2CC3)cc(C(F)(F)F)c1C. The van der Waals surface area contributed by atoms with Gasteiger partial charge in [-0.1, -0.05) is 12.8 Å². The fourth-order valence-corrected chi connectivity index (χ4v) is 8.62. The van der Waals surface area contributed by atoms with Gasteiger partial charge in [0.1, 0.15) is 7.14 Å². The van der Waals surface area contributed by atoms with E-state index in [0.29, 0.717) is 10.9 Å². The Morgan fingerprint density at radius 2 is 1.55 bits per heavy atom. The Hall–Kier alpha value is -0.760. The molecule has 1 nitrogen and oxygen atoms in total. The van der Waals surface area contributed by atoms with E-state index in [1.165, 1.54) is 13.0 Å². The summed E-state index contributed by atoms with van der Waals surface area (Å²) in [6.45, 7) is 3.19. The normalized spacial score (nSPS) is 32.0. The van der Waals surface area contributed by atoms with Gasteiger partial charge in [0.05, 0.1) is 5.56 Å². The van der Waals surface area contributed by atoms with Gasteiger partial charge in [0, 0.05) is 16.6 Å². The fraction of sp³-hybridized carbons (Fsp3) is 0.647. The van der Waals surface area contributed by atoms with Crippen molar-refractivity contribution in [1.82, 2.24) is 0 Å². The van der Waals surface area contributed by atoms with E-state index < -0.39 is 18.9 Å². The van der Waals surface area contributed by atoms with E-state index in [1.54, 1.807) is 13.0 Å². The lowest BCUT2D eigenvalue weighted by Gasteiger charge is -2.26. The first-order valence-electron chi connectivity index (χ1n) is 8.03. The summed E-state index contributed by atoms with van der Waals surface area (Å²) in [6, 6.07) is 2.96. The Kier molecular flexibility index (Phi) is 3.96. The zero-order chi connectivity index (χ0) is 16.1. The molecule has 2 fully saturated rings. The first kappa shape index (κ1) is 16.1. The van der Waals surface area contributed by atoms with Crippen molar-refractivity contribution in [2.24, 2.45) is 0 Å². The highest BCUT2D eigenvalue weighted by Crippen LogP contribution is 2.66. The first-order valence-corrected chi connectivity index (χ1v) is 9.87. The molecule has 2 unspecified atom stereocenters. The minimum atomic E-state index is -4.38. The van der Waals surface area contributed by atoms with Gasteiger partial charge >= 0.3 is 6.18 Å². The highest BCUT2D eigenvalue weighted by Gasteiger charge is 2.48. The Morgan fingerprint density at radius 3 is 2.05 bits per heavy atom. The molecule has 2 heterocycles. The van der Waals surface area contributed by atoms with Crippen molar-refractivity contribution in [1.29, 1.82) is 0 Å². The van der Waals surface area contributed by atoms with Crippen molar-refractivity contribution in [3.8, 4) is 0 Å². The van der Waals surface area contributed by atoms with Crippen molar-refractivity contribution in [2.75, 3.05) is 0 Å². The van der Waals surface area contributed by atoms with Crippen LogP contribution in [0.15, 0.2) is 12.1 Å². The average Bonchev–Trinajstić information content (AvgIpc) is 2.61. The summed E-state index contributed by atoms with van der Waals surface area (Å²) >= 11 is 0. The van der Waals surface area contributed by atoms with E-state index in [4.69, 9.17) is 0 Å². The maximum Gasteiger partial charge on any atom is 0.416 e. The third kappa shape index (κ3) is 2.44. The third-order valence-electron chi connectivity index (χ3n) is 5.60. The van der Waals surface area contributed by atoms with Crippen LogP contribution in [0.5, 0.6) is 0 Å². The molecule has 2 aliphatic heterocycles. The summed E-state index contributed by atoms with van der Waals surface area (Å²) in [5.41, 5.74) is 0.446. The van der Waals surface area contributed by atoms with Gasteiger partial charge in [0.15, 0.2) is 0 Å². The molecule has 0 amide bonds. The summed E-state index contributed by atoms with van der Waals surface area (Å²) in [5, 5.41) is 0.484. The quantitative estimate of drug-likeness (QED) is 0.629. The van der Waals surface area contributed by atoms with Crippen LogP contribution in [0.3, 0.4) is 0 Å². The Morgan fingerprint density at radius 1 is 1.00 bits per heavy atom. The number of hydrogen-bond donors (Lipinski definition) is 0. The lowest BCUT2D eigenvalue weighted by Crippen LogP contribution is -2.21. The zero-order valence-electron chi connectivity index (χ0n) is 13.0. The summed E-state index contributed by atoms with van der Waals surface area (Å²) in [5.74, 6) is 0. The zero-order valence-corrected chi connectivity index (χ0v) is 13.9. The lowest BCUT2D eigenvalue weighted by molar-refractivity contribution is -0.138. The van der Waals surface area contributed by atoms with Crippen molar-refractivity contribution < 1.29 is 17.7 Å². The molecule has 22 heavy (non-hydrogen) atoms. The van der Waals surface area contributed by atoms with E-state index in [2.05, 4.69) is 0 Å². The molecule has 2 aliphatic rings. The Bertz CT molecular complexity index is 618. The van der Waals surface area contributed by atoms with Gasteiger partial charge in [0.2, 0.25) is 0 Å². The van der Waals surface area contributed by atoms with Crippen LogP contribution in [0, 0.1) is 13.8 Å². The number of rotatable bonds is 1. The van der Waals surface area contributed by atoms with E-state index in [9.17, 15) is 17.7 Å². The molecule has 0 aliphatic carbocycles. The molecule has 1 aromatic carbocycles. The maximum atomic E-state index is 13.8. The number of hydrogen-bond acceptors (Lipinski definition) is 1. The average molecular weight is 330 g/mol. The van der Waals surface area contributed by atoms with Crippen molar-refractivity contribution >= 4 is 12.4 Å². The van der Waals surface area contributed by atoms with E-state index in [0.717, 1.165) is 38.5 Å². The predicted octanol–water partition coefficient (Wildman–Crippen LogP) is 5.42. The van der Waals surface area contributed by atoms with E-state index in [-0.39, 0.29) is 16.9 Å². The predicted molar refractivity (Wildman–Crippen MR) is 83.4 cm³/mol. The number of fused-ring (bicyclic) bond motifs is 2. The van der Waals surface area contributed by atoms with E-state index in [1.807, 2.05) is 0 Å². The van der Waals surface area contributed by atoms with Gasteiger partial charge in [-0.15, -0.1) is 0 Å². The van der Waals surface area contributed by atoms with Crippen LogP contribution in [0.4, 0.5) is 13.2 Å². The molecule has 5 heteroatoms. The molecular formula is C17H22F3OP. The van der Waals surface area contributed by atoms with Gasteiger partial charge < -0.3 is 4.57 Å². The number of benzene rings is 1. The second-order valence-electron chi connectivity index (χ2n) is 6.81. The second-order valence-corrected chi connectivity index (χ2v) is 10.2. The Labute approximate surface area is 129 Å². The van der Waals surface area contributed by atoms with Crippen LogP contribution in [-0.2, 0) is 10.7 Å². The van der Waals surface area contributed by atoms with Crippen LogP contribution in [0.25, 0.3) is 0 Å². The molecule has 122 valence electrons. The molecule has 0 saturated carbocycles. The molecule has 2 saturated heterocycles. The van der Waals surface area contributed by atoms with Gasteiger partial charge in [-0.3, -0.25) is 0 Å². The maximum absolute atomic E-state index is 13.8. The molecule has 2 bridgehead atoms. The van der Waals surface area contributed by atoms with Gasteiger partial charge in [-0.05, 0) is 62.8 Å². The molecular weight excluding hydrogens is 308 g/mol. The molecule has 0 radical (unpaired) electrons. The highest BCUT2D eigenvalue weighted by molar-refractivity contribution is 7.73. The summed E-state index contributed by atoms with van der Waals surface area (Å²) in [6.07, 6.45) is 1.37. The fourth-order valence-electron chi connectivity index (χ4n) is 4.26. The van der Waals surface area contributed by atoms with Crippen molar-refractivity contribution in [3.63, 3.8) is 0 Å². The minimum absolute atomic E-state index is 0.100. The standard InChI is InChI=1S/C17H22F3OP/c1-11-9-15(10-16(12(11)2)17(18,19)20)22(21)13-5-3-4-6-14(22)8-7-13/h9-10,13-14H,3-8H2,1-2H3. The number of halogens is 3. The molecule has 0 N–H and O–H groups in total. The monoisotopic (exact) mass is 330 g/mol. The highest BCUT2D eigenvalue weighted by atomic mass is 31.2. The van der Waals surface area contributed by atoms with Crippen LogP contribution in [0.2, 0.25) is 0 Å². The summed E-state index contributed by atoms with van der Waals surface area (Å²) in [4.78, 5) is 0. The van der Waals surface area contributed by atoms with Gasteiger partial charge in [0.25, 0.3) is 0 Å². The molecule has 3 rings (SSSR count). The summed E-state index contributed by atoms with van der Waals surface area (Å²) in [7, 11) is -2.72. The van der Waals surface area contributed by atoms with Gasteiger partial charge in [-0.2, -0.15) is 13.2 Å². The molecule has 0 aromatic heterocycles. The first-order chi connectivity index (χ1) is 10.2. The van der Waals surface area contributed by atoms with Crippen LogP contribution in [-0.4, -0.2) is 11.3 Å². The van der Waals surface area contributed by atoms with E-state index >= 15 is 0 Å². The number of aryl methyl sites for hydroxylation is 1. The molecule has 0 spiro atoms. The lowest BCUT2D eigenvalue weighted by atomic mass is 10.0. The summed E-state index contributed by atoms with van der Waals surface area (Å²) < 4.78 is 53.7. The van der Waals surface area contributed by atoms with Crippen molar-refractivity contribution in [3.05, 3.63) is 28.8 Å². The van der Waals surface area contributed by atoms with Crippen molar-refractivity contribution in [2.45, 2.75) is 69.9 Å². The van der Waals surface area contributed by atoms with Crippen LogP contribution in [0.1, 0.15) is 55.2 Å².